The van der Waals surface area contributed by atoms with Gasteiger partial charge in [-0.3, -0.25) is 0 Å². The van der Waals surface area contributed by atoms with Crippen molar-refractivity contribution in [1.29, 1.82) is 0 Å². The van der Waals surface area contributed by atoms with Gasteiger partial charge >= 0.3 is 17.3 Å². The summed E-state index contributed by atoms with van der Waals surface area (Å²) in [7, 11) is 0. The molecule has 7 aromatic rings. The third-order valence-electron chi connectivity index (χ3n) is 7.83. The maximum absolute atomic E-state index is 6.59. The third kappa shape index (κ3) is 1.39. The molecule has 8 heterocycles. The molecule has 0 fully saturated rings. The molecule has 1 unspecified atom stereocenters. The van der Waals surface area contributed by atoms with E-state index in [4.69, 9.17) is 9.84 Å². The molecule has 6 nitrogen and oxygen atoms in total. The summed E-state index contributed by atoms with van der Waals surface area (Å²) in [6, 6.07) is 23.9. The number of imidazole rings is 1. The van der Waals surface area contributed by atoms with Gasteiger partial charge in [0.15, 0.2) is 27.2 Å². The van der Waals surface area contributed by atoms with Gasteiger partial charge in [-0.25, -0.2) is 0 Å². The Labute approximate surface area is 196 Å². The van der Waals surface area contributed by atoms with E-state index in [1.165, 1.54) is 43.2 Å². The molecule has 0 saturated carbocycles. The van der Waals surface area contributed by atoms with Crippen LogP contribution in [0.25, 0.3) is 49.1 Å². The number of thiophene rings is 1. The fourth-order valence-electron chi connectivity index (χ4n) is 6.79. The predicted octanol–water partition coefficient (Wildman–Crippen LogP) is 4.70. The van der Waals surface area contributed by atoms with E-state index in [0.717, 1.165) is 28.7 Å². The highest BCUT2D eigenvalue weighted by atomic mass is 32.1. The van der Waals surface area contributed by atoms with Crippen molar-refractivity contribution >= 4 is 49.0 Å². The van der Waals surface area contributed by atoms with Gasteiger partial charge in [0, 0.05) is 16.8 Å². The standard InChI is InChI=1S/C27H15N5OS/c1-14-13-20-19-7-4-8-22-30(19)27(32(20)28-14)24-21(33-22)10-9-15-16-11-12-34-26(16)29-17-5-2-3-6-18(17)31(27)25(29)23(15)24/h2-13H,1H3/q+2. The zero-order valence-corrected chi connectivity index (χ0v) is 18.8. The molecule has 0 radical (unpaired) electrons. The number of aryl methyl sites for hydroxylation is 1. The van der Waals surface area contributed by atoms with Crippen LogP contribution in [0.2, 0.25) is 0 Å². The number of rotatable bonds is 0. The van der Waals surface area contributed by atoms with Gasteiger partial charge in [0.05, 0.1) is 17.1 Å². The van der Waals surface area contributed by atoms with Gasteiger partial charge in [-0.1, -0.05) is 16.7 Å². The Morgan fingerprint density at radius 1 is 0.971 bits per heavy atom. The minimum Gasteiger partial charge on any atom is -0.404 e. The molecular weight excluding hydrogens is 442 g/mol. The van der Waals surface area contributed by atoms with Crippen LogP contribution in [0.15, 0.2) is 72.1 Å². The maximum Gasteiger partial charge on any atom is 0.449 e. The first kappa shape index (κ1) is 16.4. The molecule has 0 amide bonds. The summed E-state index contributed by atoms with van der Waals surface area (Å²) in [6.45, 7) is 2.08. The van der Waals surface area contributed by atoms with Crippen molar-refractivity contribution in [2.45, 2.75) is 12.7 Å². The minimum absolute atomic E-state index is 0.692. The fourth-order valence-corrected chi connectivity index (χ4v) is 7.72. The molecule has 7 heteroatoms. The summed E-state index contributed by atoms with van der Waals surface area (Å²) in [4.78, 5) is 1.27. The summed E-state index contributed by atoms with van der Waals surface area (Å²) in [6.07, 6.45) is 0. The Kier molecular flexibility index (Phi) is 2.33. The molecule has 158 valence electrons. The molecule has 0 aliphatic carbocycles. The lowest BCUT2D eigenvalue weighted by Crippen LogP contribution is -2.75. The second kappa shape index (κ2) is 4.83. The monoisotopic (exact) mass is 457 g/mol. The van der Waals surface area contributed by atoms with Crippen molar-refractivity contribution in [2.24, 2.45) is 0 Å². The molecule has 0 N–H and O–H groups in total. The van der Waals surface area contributed by atoms with Crippen LogP contribution in [-0.2, 0) is 5.79 Å². The van der Waals surface area contributed by atoms with Gasteiger partial charge in [-0.15, -0.1) is 20.6 Å². The van der Waals surface area contributed by atoms with Crippen LogP contribution >= 0.6 is 11.3 Å². The number of benzene rings is 2. The third-order valence-corrected chi connectivity index (χ3v) is 8.73. The summed E-state index contributed by atoms with van der Waals surface area (Å²) in [5, 5.41) is 11.1. The molecule has 3 aliphatic heterocycles. The number of para-hydroxylation sites is 2. The van der Waals surface area contributed by atoms with Gasteiger partial charge in [0.1, 0.15) is 5.69 Å². The summed E-state index contributed by atoms with van der Waals surface area (Å²) < 4.78 is 16.1. The molecule has 3 aliphatic rings. The van der Waals surface area contributed by atoms with Gasteiger partial charge in [-0.2, -0.15) is 9.50 Å². The number of pyridine rings is 2. The van der Waals surface area contributed by atoms with Crippen molar-refractivity contribution in [3.8, 4) is 23.0 Å². The Balaban J connectivity index is 1.63. The maximum atomic E-state index is 6.59. The minimum atomic E-state index is -0.692. The van der Waals surface area contributed by atoms with Crippen molar-refractivity contribution in [3.05, 3.63) is 83.4 Å². The molecular formula is C27H15N5OS+2. The first-order valence-electron chi connectivity index (χ1n) is 11.4. The van der Waals surface area contributed by atoms with E-state index in [2.05, 4.69) is 97.3 Å². The molecule has 0 bridgehead atoms. The van der Waals surface area contributed by atoms with Crippen LogP contribution in [0.4, 0.5) is 0 Å². The van der Waals surface area contributed by atoms with Crippen molar-refractivity contribution < 1.29 is 13.9 Å². The van der Waals surface area contributed by atoms with Crippen LogP contribution in [0.3, 0.4) is 0 Å². The molecule has 34 heavy (non-hydrogen) atoms. The van der Waals surface area contributed by atoms with Crippen molar-refractivity contribution in [1.82, 2.24) is 14.2 Å². The largest absolute Gasteiger partial charge is 0.449 e. The van der Waals surface area contributed by atoms with E-state index in [1.54, 1.807) is 11.3 Å². The van der Waals surface area contributed by atoms with Crippen LogP contribution < -0.4 is 13.9 Å². The molecule has 2 aromatic carbocycles. The first-order chi connectivity index (χ1) is 16.8. The highest BCUT2D eigenvalue weighted by molar-refractivity contribution is 7.17. The average molecular weight is 458 g/mol. The summed E-state index contributed by atoms with van der Waals surface area (Å²) in [5.74, 6) is 1.04. The summed E-state index contributed by atoms with van der Waals surface area (Å²) in [5.41, 5.74) is 8.00. The van der Waals surface area contributed by atoms with Crippen LogP contribution in [-0.4, -0.2) is 14.2 Å². The predicted molar refractivity (Wildman–Crippen MR) is 129 cm³/mol. The van der Waals surface area contributed by atoms with Gasteiger partial charge in [0.25, 0.3) is 0 Å². The van der Waals surface area contributed by atoms with E-state index in [0.29, 0.717) is 0 Å². The molecule has 1 spiro atoms. The van der Waals surface area contributed by atoms with E-state index < -0.39 is 5.79 Å². The Bertz CT molecular complexity index is 2130. The van der Waals surface area contributed by atoms with Gasteiger partial charge in [0.2, 0.25) is 5.69 Å². The smallest absolute Gasteiger partial charge is 0.404 e. The molecule has 5 aromatic heterocycles. The highest BCUT2D eigenvalue weighted by Crippen LogP contribution is 2.52. The van der Waals surface area contributed by atoms with Crippen molar-refractivity contribution in [2.75, 3.05) is 0 Å². The number of hydrogen-bond donors (Lipinski definition) is 0. The van der Waals surface area contributed by atoms with E-state index in [-0.39, 0.29) is 0 Å². The normalized spacial score (nSPS) is 18.5. The lowest BCUT2D eigenvalue weighted by atomic mass is 9.98. The Morgan fingerprint density at radius 3 is 2.88 bits per heavy atom. The molecule has 10 rings (SSSR count). The Hall–Kier alpha value is -4.23. The molecule has 1 atom stereocenters. The van der Waals surface area contributed by atoms with Gasteiger partial charge in [-0.05, 0) is 54.8 Å². The quantitative estimate of drug-likeness (QED) is 0.310. The van der Waals surface area contributed by atoms with E-state index in [1.807, 2.05) is 0 Å². The van der Waals surface area contributed by atoms with Crippen LogP contribution in [0.5, 0.6) is 11.6 Å². The first-order valence-corrected chi connectivity index (χ1v) is 12.3. The number of hydrogen-bond acceptors (Lipinski definition) is 3. The molecule has 0 saturated heterocycles. The van der Waals surface area contributed by atoms with E-state index in [9.17, 15) is 0 Å². The lowest BCUT2D eigenvalue weighted by Gasteiger charge is -2.26. The number of nitrogens with zero attached hydrogens (tertiary/aromatic N) is 5. The van der Waals surface area contributed by atoms with Crippen LogP contribution in [0.1, 0.15) is 11.3 Å². The van der Waals surface area contributed by atoms with Crippen molar-refractivity contribution in [3.63, 3.8) is 0 Å². The average Bonchev–Trinajstić information content (AvgIpc) is 3.64. The van der Waals surface area contributed by atoms with Crippen LogP contribution in [0, 0.1) is 6.92 Å². The zero-order chi connectivity index (χ0) is 21.9. The van der Waals surface area contributed by atoms with E-state index >= 15 is 0 Å². The number of aromatic nitrogens is 5. The highest BCUT2D eigenvalue weighted by Gasteiger charge is 2.70. The summed E-state index contributed by atoms with van der Waals surface area (Å²) >= 11 is 1.80. The number of fused-ring (bicyclic) bond motifs is 8. The second-order valence-electron chi connectivity index (χ2n) is 9.39. The Morgan fingerprint density at radius 2 is 1.91 bits per heavy atom. The second-order valence-corrected chi connectivity index (χ2v) is 10.3. The number of ether oxygens (including phenoxy) is 1. The zero-order valence-electron chi connectivity index (χ0n) is 18.0. The van der Waals surface area contributed by atoms with Gasteiger partial charge < -0.3 is 4.74 Å². The lowest BCUT2D eigenvalue weighted by molar-refractivity contribution is -0.960. The topological polar surface area (TPSA) is 39.2 Å². The fraction of sp³-hybridized carbons (Fsp3) is 0.0741. The SMILES string of the molecule is Cc1cc2n(n1)C13c4c(ccc5c6ccsc6n6c7ccccc7[n+]1c6c45)Oc1cccc-2[n+]13.